The number of carbonyl (C=O) groups is 2. The number of piperidine rings is 1. The van der Waals surface area contributed by atoms with E-state index < -0.39 is 5.97 Å². The lowest BCUT2D eigenvalue weighted by Gasteiger charge is -2.33. The van der Waals surface area contributed by atoms with Crippen molar-refractivity contribution in [3.05, 3.63) is 58.9 Å². The number of aryl methyl sites for hydroxylation is 1. The summed E-state index contributed by atoms with van der Waals surface area (Å²) < 4.78 is 2.03. The Kier molecular flexibility index (Phi) is 5.04. The largest absolute Gasteiger partial charge is 0.478 e. The van der Waals surface area contributed by atoms with Crippen LogP contribution in [0.5, 0.6) is 0 Å². The fraction of sp³-hybridized carbons (Fsp3) is 0.400. The topological polar surface area (TPSA) is 62.5 Å². The van der Waals surface area contributed by atoms with Gasteiger partial charge in [-0.1, -0.05) is 12.1 Å². The first-order valence-electron chi connectivity index (χ1n) is 8.66. The van der Waals surface area contributed by atoms with Crippen molar-refractivity contribution in [2.75, 3.05) is 13.1 Å². The van der Waals surface area contributed by atoms with Gasteiger partial charge < -0.3 is 9.67 Å². The predicted molar refractivity (Wildman–Crippen MR) is 96.1 cm³/mol. The van der Waals surface area contributed by atoms with Gasteiger partial charge >= 0.3 is 5.97 Å². The molecule has 0 bridgehead atoms. The number of aromatic carboxylic acids is 1. The molecule has 1 aliphatic rings. The van der Waals surface area contributed by atoms with E-state index in [1.165, 1.54) is 5.56 Å². The van der Waals surface area contributed by atoms with Crippen LogP contribution in [0, 0.1) is 0 Å². The van der Waals surface area contributed by atoms with Crippen molar-refractivity contribution in [3.8, 4) is 0 Å². The summed E-state index contributed by atoms with van der Waals surface area (Å²) in [5.41, 5.74) is 3.44. The van der Waals surface area contributed by atoms with Crippen molar-refractivity contribution < 1.29 is 14.7 Å². The second kappa shape index (κ2) is 7.23. The molecule has 1 aromatic heterocycles. The molecule has 2 heterocycles. The Morgan fingerprint density at radius 3 is 2.52 bits per heavy atom. The molecule has 5 nitrogen and oxygen atoms in total. The molecule has 1 aliphatic heterocycles. The molecule has 1 unspecified atom stereocenters. The van der Waals surface area contributed by atoms with Gasteiger partial charge in [0.05, 0.1) is 5.56 Å². The number of Topliss-reactive ketones (excluding diaryl/α,β-unsaturated/α-hetero) is 1. The van der Waals surface area contributed by atoms with Gasteiger partial charge in [0.2, 0.25) is 0 Å². The van der Waals surface area contributed by atoms with E-state index in [1.54, 1.807) is 19.1 Å². The van der Waals surface area contributed by atoms with Crippen LogP contribution < -0.4 is 0 Å². The number of nitrogens with zero attached hydrogens (tertiary/aromatic N) is 2. The summed E-state index contributed by atoms with van der Waals surface area (Å²) >= 11 is 0. The van der Waals surface area contributed by atoms with Crippen molar-refractivity contribution >= 4 is 11.8 Å². The maximum absolute atomic E-state index is 11.5. The third-order valence-electron chi connectivity index (χ3n) is 5.03. The molecule has 1 N–H and O–H groups in total. The molecule has 0 saturated carbocycles. The van der Waals surface area contributed by atoms with Crippen molar-refractivity contribution in [1.82, 2.24) is 9.47 Å². The third-order valence-corrected chi connectivity index (χ3v) is 5.03. The van der Waals surface area contributed by atoms with Crippen LogP contribution in [0.1, 0.15) is 57.7 Å². The fourth-order valence-corrected chi connectivity index (χ4v) is 3.56. The summed E-state index contributed by atoms with van der Waals surface area (Å²) in [5, 5.41) is 9.02. The molecule has 132 valence electrons. The quantitative estimate of drug-likeness (QED) is 0.848. The highest BCUT2D eigenvalue weighted by Gasteiger charge is 2.22. The highest BCUT2D eigenvalue weighted by molar-refractivity contribution is 5.94. The van der Waals surface area contributed by atoms with Gasteiger partial charge in [-0.05, 0) is 56.0 Å². The lowest BCUT2D eigenvalue weighted by atomic mass is 9.90. The number of ketones is 1. The van der Waals surface area contributed by atoms with Gasteiger partial charge in [0.25, 0.3) is 0 Å². The van der Waals surface area contributed by atoms with Crippen molar-refractivity contribution in [2.24, 2.45) is 7.05 Å². The molecule has 2 aromatic rings. The Morgan fingerprint density at radius 2 is 1.92 bits per heavy atom. The summed E-state index contributed by atoms with van der Waals surface area (Å²) in [6.45, 7) is 4.42. The molecule has 0 spiro atoms. The second-order valence-electron chi connectivity index (χ2n) is 6.89. The van der Waals surface area contributed by atoms with Crippen LogP contribution in [-0.2, 0) is 13.6 Å². The Bertz CT molecular complexity index is 777. The van der Waals surface area contributed by atoms with Crippen molar-refractivity contribution in [3.63, 3.8) is 0 Å². The molecule has 5 heteroatoms. The first-order chi connectivity index (χ1) is 11.9. The maximum atomic E-state index is 11.5. The Hall–Kier alpha value is -2.40. The Balaban J connectivity index is 1.68. The zero-order valence-electron chi connectivity index (χ0n) is 14.7. The molecule has 1 fully saturated rings. The number of hydrogen-bond acceptors (Lipinski definition) is 3. The number of likely N-dealkylation sites (tertiary alicyclic amines) is 1. The molecular weight excluding hydrogens is 316 g/mol. The zero-order valence-corrected chi connectivity index (χ0v) is 14.7. The number of hydrogen-bond donors (Lipinski definition) is 1. The SMILES string of the molecule is CC(=O)c1cc(CN2CCCC(c3ccc(C(=O)O)cc3)C2)n(C)c1. The van der Waals surface area contributed by atoms with Crippen LogP contribution in [0.15, 0.2) is 36.5 Å². The van der Waals surface area contributed by atoms with Crippen LogP contribution in [0.25, 0.3) is 0 Å². The summed E-state index contributed by atoms with van der Waals surface area (Å²) in [7, 11) is 1.98. The summed E-state index contributed by atoms with van der Waals surface area (Å²) in [5.74, 6) is -0.372. The van der Waals surface area contributed by atoms with E-state index in [0.717, 1.165) is 43.7 Å². The number of aromatic nitrogens is 1. The number of carboxylic acid groups (broad SMARTS) is 1. The number of rotatable bonds is 5. The Labute approximate surface area is 147 Å². The third kappa shape index (κ3) is 3.99. The lowest BCUT2D eigenvalue weighted by molar-refractivity contribution is 0.0696. The van der Waals surface area contributed by atoms with E-state index in [2.05, 4.69) is 4.90 Å². The highest BCUT2D eigenvalue weighted by Crippen LogP contribution is 2.28. The smallest absolute Gasteiger partial charge is 0.335 e. The lowest BCUT2D eigenvalue weighted by Crippen LogP contribution is -2.34. The average molecular weight is 340 g/mol. The van der Waals surface area contributed by atoms with Gasteiger partial charge in [0, 0.05) is 37.6 Å². The summed E-state index contributed by atoms with van der Waals surface area (Å²) in [4.78, 5) is 25.0. The van der Waals surface area contributed by atoms with E-state index >= 15 is 0 Å². The fourth-order valence-electron chi connectivity index (χ4n) is 3.56. The number of carboxylic acids is 1. The maximum Gasteiger partial charge on any atom is 0.335 e. The molecule has 1 aromatic carbocycles. The normalized spacial score (nSPS) is 18.2. The van der Waals surface area contributed by atoms with Crippen LogP contribution >= 0.6 is 0 Å². The Morgan fingerprint density at radius 1 is 1.20 bits per heavy atom. The van der Waals surface area contributed by atoms with Gasteiger partial charge in [-0.3, -0.25) is 9.69 Å². The minimum absolute atomic E-state index is 0.0943. The van der Waals surface area contributed by atoms with E-state index in [1.807, 2.05) is 36.0 Å². The molecule has 25 heavy (non-hydrogen) atoms. The summed E-state index contributed by atoms with van der Waals surface area (Å²) in [6.07, 6.45) is 4.13. The van der Waals surface area contributed by atoms with E-state index in [0.29, 0.717) is 11.5 Å². The number of carbonyl (C=O) groups excluding carboxylic acids is 1. The van der Waals surface area contributed by atoms with Crippen LogP contribution in [0.3, 0.4) is 0 Å². The number of benzene rings is 1. The van der Waals surface area contributed by atoms with Crippen molar-refractivity contribution in [1.29, 1.82) is 0 Å². The predicted octanol–water partition coefficient (Wildman–Crippen LogP) is 3.31. The molecule has 1 saturated heterocycles. The molecule has 0 amide bonds. The second-order valence-corrected chi connectivity index (χ2v) is 6.89. The minimum atomic E-state index is -0.887. The highest BCUT2D eigenvalue weighted by atomic mass is 16.4. The first-order valence-corrected chi connectivity index (χ1v) is 8.66. The first kappa shape index (κ1) is 17.4. The van der Waals surface area contributed by atoms with Gasteiger partial charge in [-0.25, -0.2) is 4.79 Å². The van der Waals surface area contributed by atoms with Gasteiger partial charge in [0.1, 0.15) is 0 Å². The zero-order chi connectivity index (χ0) is 18.0. The van der Waals surface area contributed by atoms with E-state index in [-0.39, 0.29) is 5.78 Å². The van der Waals surface area contributed by atoms with Crippen LogP contribution in [0.4, 0.5) is 0 Å². The monoisotopic (exact) mass is 340 g/mol. The van der Waals surface area contributed by atoms with Crippen molar-refractivity contribution in [2.45, 2.75) is 32.2 Å². The molecular formula is C20H24N2O3. The van der Waals surface area contributed by atoms with E-state index in [4.69, 9.17) is 5.11 Å². The molecule has 0 radical (unpaired) electrons. The van der Waals surface area contributed by atoms with Gasteiger partial charge in [-0.15, -0.1) is 0 Å². The summed E-state index contributed by atoms with van der Waals surface area (Å²) in [6, 6.07) is 9.23. The van der Waals surface area contributed by atoms with Crippen LogP contribution in [0.2, 0.25) is 0 Å². The molecule has 1 atom stereocenters. The standard InChI is InChI=1S/C20H24N2O3/c1-14(23)18-10-19(21(2)11-18)13-22-9-3-4-17(12-22)15-5-7-16(8-6-15)20(24)25/h5-8,10-11,17H,3-4,9,12-13H2,1-2H3,(H,24,25). The minimum Gasteiger partial charge on any atom is -0.478 e. The van der Waals surface area contributed by atoms with Crippen LogP contribution in [-0.4, -0.2) is 39.4 Å². The van der Waals surface area contributed by atoms with Gasteiger partial charge in [-0.2, -0.15) is 0 Å². The molecule has 3 rings (SSSR count). The van der Waals surface area contributed by atoms with Gasteiger partial charge in [0.15, 0.2) is 5.78 Å². The van der Waals surface area contributed by atoms with E-state index in [9.17, 15) is 9.59 Å². The molecule has 0 aliphatic carbocycles. The average Bonchev–Trinajstić information content (AvgIpc) is 2.96.